The van der Waals surface area contributed by atoms with Crippen molar-refractivity contribution in [2.45, 2.75) is 6.54 Å². The number of thiophene rings is 1. The van der Waals surface area contributed by atoms with E-state index in [9.17, 15) is 4.79 Å². The van der Waals surface area contributed by atoms with E-state index in [4.69, 9.17) is 0 Å². The maximum Gasteiger partial charge on any atom is 0.250 e. The van der Waals surface area contributed by atoms with E-state index in [0.717, 1.165) is 22.3 Å². The molecule has 2 aromatic heterocycles. The Morgan fingerprint density at radius 2 is 1.48 bits per heavy atom. The molecule has 0 aliphatic heterocycles. The number of benzene rings is 3. The van der Waals surface area contributed by atoms with Crippen LogP contribution >= 0.6 is 11.3 Å². The standard InChI is InChI=1S/C26H19NOS/c28-26-15-14-22(25-16-20-10-5-7-13-24(20)29-25)18-27(26)17-21-11-4-6-12-23(21)19-8-2-1-3-9-19/h1-16,18H,17H2. The van der Waals surface area contributed by atoms with Gasteiger partial charge in [-0.2, -0.15) is 0 Å². The Labute approximate surface area is 173 Å². The first-order valence-corrected chi connectivity index (χ1v) is 10.4. The van der Waals surface area contributed by atoms with Crippen molar-refractivity contribution >= 4 is 21.4 Å². The molecule has 0 N–H and O–H groups in total. The lowest BCUT2D eigenvalue weighted by Crippen LogP contribution is -2.19. The zero-order valence-electron chi connectivity index (χ0n) is 15.8. The Balaban J connectivity index is 1.55. The number of nitrogens with zero attached hydrogens (tertiary/aromatic N) is 1. The summed E-state index contributed by atoms with van der Waals surface area (Å²) in [6.45, 7) is 0.544. The highest BCUT2D eigenvalue weighted by molar-refractivity contribution is 7.22. The van der Waals surface area contributed by atoms with Gasteiger partial charge in [-0.3, -0.25) is 4.79 Å². The molecule has 3 aromatic carbocycles. The first-order chi connectivity index (χ1) is 14.3. The van der Waals surface area contributed by atoms with Crippen LogP contribution < -0.4 is 5.56 Å². The molecule has 0 bridgehead atoms. The molecule has 0 fully saturated rings. The Kier molecular flexibility index (Phi) is 4.59. The zero-order chi connectivity index (χ0) is 19.6. The second kappa shape index (κ2) is 7.53. The molecule has 29 heavy (non-hydrogen) atoms. The summed E-state index contributed by atoms with van der Waals surface area (Å²) in [4.78, 5) is 13.8. The van der Waals surface area contributed by atoms with Crippen LogP contribution in [0, 0.1) is 0 Å². The highest BCUT2D eigenvalue weighted by atomic mass is 32.1. The van der Waals surface area contributed by atoms with Gasteiger partial charge in [0.05, 0.1) is 6.54 Å². The molecule has 0 radical (unpaired) electrons. The summed E-state index contributed by atoms with van der Waals surface area (Å²) in [7, 11) is 0. The Morgan fingerprint density at radius 1 is 0.724 bits per heavy atom. The summed E-state index contributed by atoms with van der Waals surface area (Å²) in [5.74, 6) is 0. The minimum absolute atomic E-state index is 0.0118. The van der Waals surface area contributed by atoms with Crippen molar-refractivity contribution in [3.8, 4) is 21.6 Å². The van der Waals surface area contributed by atoms with Gasteiger partial charge in [0.2, 0.25) is 0 Å². The largest absolute Gasteiger partial charge is 0.310 e. The summed E-state index contributed by atoms with van der Waals surface area (Å²) < 4.78 is 3.07. The van der Waals surface area contributed by atoms with Gasteiger partial charge >= 0.3 is 0 Å². The van der Waals surface area contributed by atoms with Crippen LogP contribution in [0.1, 0.15) is 5.56 Å². The first kappa shape index (κ1) is 17.7. The second-order valence-electron chi connectivity index (χ2n) is 7.06. The third-order valence-corrected chi connectivity index (χ3v) is 6.30. The van der Waals surface area contributed by atoms with E-state index in [-0.39, 0.29) is 5.56 Å². The van der Waals surface area contributed by atoms with E-state index in [2.05, 4.69) is 54.6 Å². The maximum absolute atomic E-state index is 12.6. The topological polar surface area (TPSA) is 22.0 Å². The second-order valence-corrected chi connectivity index (χ2v) is 8.14. The molecular weight excluding hydrogens is 374 g/mol. The van der Waals surface area contributed by atoms with Gasteiger partial charge in [-0.15, -0.1) is 11.3 Å². The average Bonchev–Trinajstić information content (AvgIpc) is 3.21. The molecule has 0 aliphatic rings. The van der Waals surface area contributed by atoms with E-state index in [1.165, 1.54) is 15.0 Å². The van der Waals surface area contributed by atoms with Gasteiger partial charge in [0.15, 0.2) is 0 Å². The highest BCUT2D eigenvalue weighted by Crippen LogP contribution is 2.33. The monoisotopic (exact) mass is 393 g/mol. The van der Waals surface area contributed by atoms with Crippen molar-refractivity contribution in [2.24, 2.45) is 0 Å². The number of pyridine rings is 1. The van der Waals surface area contributed by atoms with Crippen LogP contribution in [0.2, 0.25) is 0 Å². The smallest absolute Gasteiger partial charge is 0.250 e. The fourth-order valence-electron chi connectivity index (χ4n) is 3.67. The molecule has 5 rings (SSSR count). The molecule has 2 nitrogen and oxygen atoms in total. The average molecular weight is 394 g/mol. The van der Waals surface area contributed by atoms with Crippen molar-refractivity contribution < 1.29 is 0 Å². The van der Waals surface area contributed by atoms with E-state index >= 15 is 0 Å². The lowest BCUT2D eigenvalue weighted by molar-refractivity contribution is 0.762. The zero-order valence-corrected chi connectivity index (χ0v) is 16.6. The van der Waals surface area contributed by atoms with Crippen LogP contribution in [-0.2, 0) is 6.54 Å². The van der Waals surface area contributed by atoms with Gasteiger partial charge in [0.25, 0.3) is 5.56 Å². The van der Waals surface area contributed by atoms with Gasteiger partial charge in [0.1, 0.15) is 0 Å². The van der Waals surface area contributed by atoms with Crippen molar-refractivity contribution in [3.05, 3.63) is 119 Å². The van der Waals surface area contributed by atoms with Crippen LogP contribution in [0.15, 0.2) is 108 Å². The van der Waals surface area contributed by atoms with E-state index < -0.39 is 0 Å². The van der Waals surface area contributed by atoms with E-state index in [1.807, 2.05) is 47.2 Å². The molecule has 140 valence electrons. The van der Waals surface area contributed by atoms with Gasteiger partial charge in [-0.05, 0) is 40.3 Å². The van der Waals surface area contributed by atoms with Crippen LogP contribution in [-0.4, -0.2) is 4.57 Å². The Hall–Kier alpha value is -3.43. The molecule has 5 aromatic rings. The van der Waals surface area contributed by atoms with Gasteiger partial charge in [-0.25, -0.2) is 0 Å². The number of aromatic nitrogens is 1. The van der Waals surface area contributed by atoms with Gasteiger partial charge in [0, 0.05) is 27.4 Å². The lowest BCUT2D eigenvalue weighted by atomic mass is 9.99. The SMILES string of the molecule is O=c1ccc(-c2cc3ccccc3s2)cn1Cc1ccccc1-c1ccccc1. The molecule has 0 aliphatic carbocycles. The summed E-state index contributed by atoms with van der Waals surface area (Å²) in [6.07, 6.45) is 1.98. The minimum atomic E-state index is 0.0118. The molecular formula is C26H19NOS. The molecule has 0 saturated heterocycles. The Bertz CT molecular complexity index is 1320. The Morgan fingerprint density at radius 3 is 2.34 bits per heavy atom. The molecule has 3 heteroatoms. The number of hydrogen-bond acceptors (Lipinski definition) is 2. The van der Waals surface area contributed by atoms with Crippen molar-refractivity contribution in [1.82, 2.24) is 4.57 Å². The molecule has 0 saturated carbocycles. The lowest BCUT2D eigenvalue weighted by Gasteiger charge is -2.12. The summed E-state index contributed by atoms with van der Waals surface area (Å²) in [5.41, 5.74) is 4.54. The highest BCUT2D eigenvalue weighted by Gasteiger charge is 2.09. The quantitative estimate of drug-likeness (QED) is 0.344. The van der Waals surface area contributed by atoms with Gasteiger partial charge < -0.3 is 4.57 Å². The van der Waals surface area contributed by atoms with E-state index in [0.29, 0.717) is 6.54 Å². The van der Waals surface area contributed by atoms with Gasteiger partial charge in [-0.1, -0.05) is 72.8 Å². The van der Waals surface area contributed by atoms with Crippen molar-refractivity contribution in [1.29, 1.82) is 0 Å². The normalized spacial score (nSPS) is 11.0. The summed E-state index contributed by atoms with van der Waals surface area (Å²) in [6, 6.07) is 32.8. The number of rotatable bonds is 4. The molecule has 0 unspecified atom stereocenters. The third-order valence-electron chi connectivity index (χ3n) is 5.14. The van der Waals surface area contributed by atoms with Crippen LogP contribution in [0.5, 0.6) is 0 Å². The molecule has 2 heterocycles. The fraction of sp³-hybridized carbons (Fsp3) is 0.0385. The number of fused-ring (bicyclic) bond motifs is 1. The molecule has 0 atom stereocenters. The van der Waals surface area contributed by atoms with E-state index in [1.54, 1.807) is 17.4 Å². The van der Waals surface area contributed by atoms with Crippen molar-refractivity contribution in [3.63, 3.8) is 0 Å². The minimum Gasteiger partial charge on any atom is -0.310 e. The van der Waals surface area contributed by atoms with Crippen LogP contribution in [0.3, 0.4) is 0 Å². The van der Waals surface area contributed by atoms with Crippen LogP contribution in [0.25, 0.3) is 31.7 Å². The molecule has 0 amide bonds. The number of hydrogen-bond donors (Lipinski definition) is 0. The fourth-order valence-corrected chi connectivity index (χ4v) is 4.72. The maximum atomic E-state index is 12.6. The predicted octanol–water partition coefficient (Wildman–Crippen LogP) is 6.45. The first-order valence-electron chi connectivity index (χ1n) is 9.61. The summed E-state index contributed by atoms with van der Waals surface area (Å²) in [5, 5.41) is 1.24. The van der Waals surface area contributed by atoms with Crippen molar-refractivity contribution in [2.75, 3.05) is 0 Å². The third kappa shape index (κ3) is 3.53. The molecule has 0 spiro atoms. The summed E-state index contributed by atoms with van der Waals surface area (Å²) >= 11 is 1.76. The van der Waals surface area contributed by atoms with Crippen LogP contribution in [0.4, 0.5) is 0 Å². The predicted molar refractivity (Wildman–Crippen MR) is 123 cm³/mol.